The molecule has 0 spiro atoms. The SMILES string of the molecule is CCC(CCBr)NS(=O)(=O)CCCOC. The molecular formula is C9H20BrNO3S. The number of halogens is 1. The molecule has 0 saturated carbocycles. The van der Waals surface area contributed by atoms with Gasteiger partial charge >= 0.3 is 0 Å². The molecule has 0 aromatic heterocycles. The van der Waals surface area contributed by atoms with Crippen molar-refractivity contribution >= 4 is 26.0 Å². The summed E-state index contributed by atoms with van der Waals surface area (Å²) >= 11 is 3.31. The molecule has 0 aliphatic heterocycles. The predicted molar refractivity (Wildman–Crippen MR) is 65.9 cm³/mol. The number of nitrogens with one attached hydrogen (secondary N) is 1. The molecule has 0 aliphatic carbocycles. The van der Waals surface area contributed by atoms with Crippen LogP contribution in [0.3, 0.4) is 0 Å². The highest BCUT2D eigenvalue weighted by atomic mass is 79.9. The molecule has 0 aromatic rings. The zero-order valence-electron chi connectivity index (χ0n) is 9.33. The van der Waals surface area contributed by atoms with E-state index in [0.717, 1.165) is 18.2 Å². The zero-order valence-corrected chi connectivity index (χ0v) is 11.7. The summed E-state index contributed by atoms with van der Waals surface area (Å²) in [6.07, 6.45) is 2.17. The number of rotatable bonds is 9. The number of hydrogen-bond donors (Lipinski definition) is 1. The molecular weight excluding hydrogens is 282 g/mol. The van der Waals surface area contributed by atoms with Gasteiger partial charge in [0.15, 0.2) is 0 Å². The van der Waals surface area contributed by atoms with Crippen LogP contribution in [0.25, 0.3) is 0 Å². The maximum Gasteiger partial charge on any atom is 0.211 e. The molecule has 0 bridgehead atoms. The van der Waals surface area contributed by atoms with Gasteiger partial charge in [-0.3, -0.25) is 0 Å². The van der Waals surface area contributed by atoms with E-state index in [-0.39, 0.29) is 11.8 Å². The van der Waals surface area contributed by atoms with E-state index in [4.69, 9.17) is 4.74 Å². The van der Waals surface area contributed by atoms with Crippen LogP contribution in [0.5, 0.6) is 0 Å². The van der Waals surface area contributed by atoms with E-state index in [1.807, 2.05) is 6.92 Å². The number of alkyl halides is 1. The molecule has 0 radical (unpaired) electrons. The van der Waals surface area contributed by atoms with Gasteiger partial charge in [0.2, 0.25) is 10.0 Å². The molecule has 0 heterocycles. The third-order valence-electron chi connectivity index (χ3n) is 2.06. The lowest BCUT2D eigenvalue weighted by molar-refractivity contribution is 0.199. The average molecular weight is 302 g/mol. The molecule has 0 saturated heterocycles. The summed E-state index contributed by atoms with van der Waals surface area (Å²) in [6.45, 7) is 2.46. The second-order valence-corrected chi connectivity index (χ2v) is 6.03. The van der Waals surface area contributed by atoms with E-state index in [1.165, 1.54) is 0 Å². The minimum atomic E-state index is -3.14. The number of hydrogen-bond acceptors (Lipinski definition) is 3. The summed E-state index contributed by atoms with van der Waals surface area (Å²) < 4.78 is 30.6. The summed E-state index contributed by atoms with van der Waals surface area (Å²) in [5, 5.41) is 0.812. The van der Waals surface area contributed by atoms with Gasteiger partial charge in [0.25, 0.3) is 0 Å². The summed E-state index contributed by atoms with van der Waals surface area (Å²) in [5.41, 5.74) is 0. The van der Waals surface area contributed by atoms with Crippen LogP contribution in [-0.2, 0) is 14.8 Å². The lowest BCUT2D eigenvalue weighted by atomic mass is 10.2. The predicted octanol–water partition coefficient (Wildman–Crippen LogP) is 1.51. The number of ether oxygens (including phenoxy) is 1. The molecule has 0 fully saturated rings. The largest absolute Gasteiger partial charge is 0.385 e. The first-order valence-electron chi connectivity index (χ1n) is 5.10. The van der Waals surface area contributed by atoms with Crippen LogP contribution in [0.15, 0.2) is 0 Å². The van der Waals surface area contributed by atoms with Crippen molar-refractivity contribution in [1.29, 1.82) is 0 Å². The average Bonchev–Trinajstić information content (AvgIpc) is 2.17. The highest BCUT2D eigenvalue weighted by Crippen LogP contribution is 2.03. The third kappa shape index (κ3) is 8.19. The summed E-state index contributed by atoms with van der Waals surface area (Å²) in [4.78, 5) is 0. The van der Waals surface area contributed by atoms with Crippen LogP contribution in [0.2, 0.25) is 0 Å². The van der Waals surface area contributed by atoms with Crippen LogP contribution in [0.1, 0.15) is 26.2 Å². The fourth-order valence-electron chi connectivity index (χ4n) is 1.18. The van der Waals surface area contributed by atoms with Crippen molar-refractivity contribution in [1.82, 2.24) is 4.72 Å². The Bertz CT molecular complexity index is 244. The number of sulfonamides is 1. The van der Waals surface area contributed by atoms with Crippen molar-refractivity contribution in [2.45, 2.75) is 32.2 Å². The fourth-order valence-corrected chi connectivity index (χ4v) is 3.15. The zero-order chi connectivity index (χ0) is 11.7. The van der Waals surface area contributed by atoms with Gasteiger partial charge in [-0.1, -0.05) is 22.9 Å². The van der Waals surface area contributed by atoms with Gasteiger partial charge < -0.3 is 4.74 Å². The van der Waals surface area contributed by atoms with Crippen molar-refractivity contribution in [2.24, 2.45) is 0 Å². The Morgan fingerprint density at radius 3 is 2.60 bits per heavy atom. The molecule has 0 rings (SSSR count). The summed E-state index contributed by atoms with van der Waals surface area (Å²) in [7, 11) is -1.57. The van der Waals surface area contributed by atoms with Crippen molar-refractivity contribution in [3.8, 4) is 0 Å². The van der Waals surface area contributed by atoms with E-state index in [9.17, 15) is 8.42 Å². The normalized spacial score (nSPS) is 14.1. The third-order valence-corrected chi connectivity index (χ3v) is 4.03. The molecule has 0 aliphatic rings. The van der Waals surface area contributed by atoms with Crippen LogP contribution < -0.4 is 4.72 Å². The van der Waals surface area contributed by atoms with Gasteiger partial charge in [0.1, 0.15) is 0 Å². The fraction of sp³-hybridized carbons (Fsp3) is 1.00. The molecule has 0 amide bonds. The molecule has 15 heavy (non-hydrogen) atoms. The summed E-state index contributed by atoms with van der Waals surface area (Å²) in [6, 6.07) is 0.0388. The van der Waals surface area contributed by atoms with Crippen LogP contribution in [-0.4, -0.2) is 39.3 Å². The van der Waals surface area contributed by atoms with Crippen LogP contribution in [0.4, 0.5) is 0 Å². The lowest BCUT2D eigenvalue weighted by Crippen LogP contribution is -2.36. The first kappa shape index (κ1) is 15.3. The molecule has 1 N–H and O–H groups in total. The van der Waals surface area contributed by atoms with E-state index < -0.39 is 10.0 Å². The van der Waals surface area contributed by atoms with Gasteiger partial charge in [0, 0.05) is 25.1 Å². The van der Waals surface area contributed by atoms with Crippen LogP contribution >= 0.6 is 15.9 Å². The Morgan fingerprint density at radius 1 is 1.47 bits per heavy atom. The molecule has 1 unspecified atom stereocenters. The van der Waals surface area contributed by atoms with Crippen molar-refractivity contribution in [3.63, 3.8) is 0 Å². The van der Waals surface area contributed by atoms with E-state index >= 15 is 0 Å². The van der Waals surface area contributed by atoms with Crippen molar-refractivity contribution < 1.29 is 13.2 Å². The maximum atomic E-state index is 11.6. The minimum absolute atomic E-state index is 0.0388. The molecule has 4 nitrogen and oxygen atoms in total. The smallest absolute Gasteiger partial charge is 0.211 e. The Kier molecular flexibility index (Phi) is 8.69. The second kappa shape index (κ2) is 8.50. The molecule has 0 aromatic carbocycles. The Labute approximate surface area is 101 Å². The van der Waals surface area contributed by atoms with Gasteiger partial charge in [-0.05, 0) is 19.3 Å². The quantitative estimate of drug-likeness (QED) is 0.519. The highest BCUT2D eigenvalue weighted by Gasteiger charge is 2.15. The second-order valence-electron chi connectivity index (χ2n) is 3.37. The van der Waals surface area contributed by atoms with Gasteiger partial charge in [-0.15, -0.1) is 0 Å². The van der Waals surface area contributed by atoms with Gasteiger partial charge in [0.05, 0.1) is 5.75 Å². The molecule has 92 valence electrons. The molecule has 1 atom stereocenters. The summed E-state index contributed by atoms with van der Waals surface area (Å²) in [5.74, 6) is 0.139. The van der Waals surface area contributed by atoms with E-state index in [2.05, 4.69) is 20.7 Å². The standard InChI is InChI=1S/C9H20BrNO3S/c1-3-9(5-6-10)11-15(12,13)8-4-7-14-2/h9,11H,3-8H2,1-2H3. The van der Waals surface area contributed by atoms with E-state index in [0.29, 0.717) is 13.0 Å². The van der Waals surface area contributed by atoms with Gasteiger partial charge in [-0.25, -0.2) is 13.1 Å². The van der Waals surface area contributed by atoms with Crippen LogP contribution in [0, 0.1) is 0 Å². The first-order valence-corrected chi connectivity index (χ1v) is 7.88. The molecule has 6 heteroatoms. The Morgan fingerprint density at radius 2 is 2.13 bits per heavy atom. The number of methoxy groups -OCH3 is 1. The Balaban J connectivity index is 3.99. The first-order chi connectivity index (χ1) is 7.05. The maximum absolute atomic E-state index is 11.6. The van der Waals surface area contributed by atoms with Gasteiger partial charge in [-0.2, -0.15) is 0 Å². The minimum Gasteiger partial charge on any atom is -0.385 e. The highest BCUT2D eigenvalue weighted by molar-refractivity contribution is 9.09. The van der Waals surface area contributed by atoms with Crippen molar-refractivity contribution in [2.75, 3.05) is 24.8 Å². The topological polar surface area (TPSA) is 55.4 Å². The Hall–Kier alpha value is 0.350. The van der Waals surface area contributed by atoms with Crippen molar-refractivity contribution in [3.05, 3.63) is 0 Å². The monoisotopic (exact) mass is 301 g/mol. The lowest BCUT2D eigenvalue weighted by Gasteiger charge is -2.15. The van der Waals surface area contributed by atoms with E-state index in [1.54, 1.807) is 7.11 Å².